The Balaban J connectivity index is 2.99. The molecule has 76 valence electrons. The Morgan fingerprint density at radius 1 is 1.57 bits per heavy atom. The second-order valence-electron chi connectivity index (χ2n) is 2.59. The van der Waals surface area contributed by atoms with Gasteiger partial charge < -0.3 is 15.2 Å². The Bertz CT molecular complexity index is 328. The van der Waals surface area contributed by atoms with Gasteiger partial charge in [-0.15, -0.1) is 0 Å². The highest BCUT2D eigenvalue weighted by atomic mass is 16.5. The Morgan fingerprint density at radius 2 is 2.29 bits per heavy atom. The minimum Gasteiger partial charge on any atom is -0.495 e. The van der Waals surface area contributed by atoms with E-state index in [1.54, 1.807) is 18.3 Å². The summed E-state index contributed by atoms with van der Waals surface area (Å²) in [6.45, 7) is 0. The molecule has 0 saturated heterocycles. The first-order valence-corrected chi connectivity index (χ1v) is 4.03. The number of ether oxygens (including phenoxy) is 2. The summed E-state index contributed by atoms with van der Waals surface area (Å²) >= 11 is 0. The van der Waals surface area contributed by atoms with Crippen LogP contribution in [0.1, 0.15) is 11.7 Å². The van der Waals surface area contributed by atoms with Gasteiger partial charge in [-0.2, -0.15) is 0 Å². The standard InChI is InChI=1S/C9H12N2O3/c1-13-6-4-3-5-11-8(6)7(10)9(12)14-2/h3-5,7H,10H2,1-2H3. The summed E-state index contributed by atoms with van der Waals surface area (Å²) in [4.78, 5) is 15.1. The Labute approximate surface area is 81.8 Å². The topological polar surface area (TPSA) is 74.4 Å². The van der Waals surface area contributed by atoms with Crippen LogP contribution in [-0.2, 0) is 9.53 Å². The summed E-state index contributed by atoms with van der Waals surface area (Å²) in [5.74, 6) is -0.0626. The summed E-state index contributed by atoms with van der Waals surface area (Å²) < 4.78 is 9.52. The molecule has 0 saturated carbocycles. The molecular formula is C9H12N2O3. The molecule has 0 aliphatic rings. The fraction of sp³-hybridized carbons (Fsp3) is 0.333. The van der Waals surface area contributed by atoms with Crippen molar-refractivity contribution in [3.63, 3.8) is 0 Å². The van der Waals surface area contributed by atoms with Crippen molar-refractivity contribution in [2.45, 2.75) is 6.04 Å². The van der Waals surface area contributed by atoms with Crippen LogP contribution in [0.2, 0.25) is 0 Å². The van der Waals surface area contributed by atoms with E-state index in [-0.39, 0.29) is 0 Å². The number of rotatable bonds is 3. The third-order valence-electron chi connectivity index (χ3n) is 1.77. The van der Waals surface area contributed by atoms with E-state index in [1.807, 2.05) is 0 Å². The van der Waals surface area contributed by atoms with Gasteiger partial charge in [0, 0.05) is 6.20 Å². The van der Waals surface area contributed by atoms with Crippen LogP contribution in [0.3, 0.4) is 0 Å². The van der Waals surface area contributed by atoms with Crippen LogP contribution in [0.15, 0.2) is 18.3 Å². The van der Waals surface area contributed by atoms with Crippen molar-refractivity contribution in [2.75, 3.05) is 14.2 Å². The van der Waals surface area contributed by atoms with E-state index in [9.17, 15) is 4.79 Å². The monoisotopic (exact) mass is 196 g/mol. The number of carbonyl (C=O) groups excluding carboxylic acids is 1. The van der Waals surface area contributed by atoms with Gasteiger partial charge in [0.15, 0.2) is 0 Å². The predicted molar refractivity (Wildman–Crippen MR) is 49.7 cm³/mol. The van der Waals surface area contributed by atoms with Crippen LogP contribution >= 0.6 is 0 Å². The summed E-state index contributed by atoms with van der Waals surface area (Å²) in [6.07, 6.45) is 1.54. The van der Waals surface area contributed by atoms with Crippen LogP contribution < -0.4 is 10.5 Å². The van der Waals surface area contributed by atoms with Gasteiger partial charge in [0.2, 0.25) is 0 Å². The molecule has 1 heterocycles. The summed E-state index contributed by atoms with van der Waals surface area (Å²) in [5, 5.41) is 0. The smallest absolute Gasteiger partial charge is 0.329 e. The molecule has 1 rings (SSSR count). The van der Waals surface area contributed by atoms with Crippen LogP contribution in [0.25, 0.3) is 0 Å². The molecule has 0 aromatic carbocycles. The Hall–Kier alpha value is -1.62. The summed E-state index contributed by atoms with van der Waals surface area (Å²) in [7, 11) is 2.77. The van der Waals surface area contributed by atoms with Crippen molar-refractivity contribution in [3.8, 4) is 5.75 Å². The maximum Gasteiger partial charge on any atom is 0.329 e. The maximum absolute atomic E-state index is 11.1. The molecule has 5 nitrogen and oxygen atoms in total. The lowest BCUT2D eigenvalue weighted by Gasteiger charge is -2.11. The lowest BCUT2D eigenvalue weighted by molar-refractivity contribution is -0.142. The van der Waals surface area contributed by atoms with Crippen molar-refractivity contribution >= 4 is 5.97 Å². The lowest BCUT2D eigenvalue weighted by Crippen LogP contribution is -2.24. The highest BCUT2D eigenvalue weighted by Crippen LogP contribution is 2.20. The average Bonchev–Trinajstić information content (AvgIpc) is 2.26. The third kappa shape index (κ3) is 2.00. The van der Waals surface area contributed by atoms with Gasteiger partial charge in [-0.25, -0.2) is 4.79 Å². The molecule has 0 spiro atoms. The highest BCUT2D eigenvalue weighted by Gasteiger charge is 2.21. The molecule has 5 heteroatoms. The first-order chi connectivity index (χ1) is 6.70. The largest absolute Gasteiger partial charge is 0.495 e. The lowest BCUT2D eigenvalue weighted by atomic mass is 10.2. The van der Waals surface area contributed by atoms with E-state index in [2.05, 4.69) is 9.72 Å². The van der Waals surface area contributed by atoms with E-state index in [0.717, 1.165) is 0 Å². The van der Waals surface area contributed by atoms with E-state index in [0.29, 0.717) is 11.4 Å². The highest BCUT2D eigenvalue weighted by molar-refractivity contribution is 5.77. The van der Waals surface area contributed by atoms with Crippen molar-refractivity contribution in [1.29, 1.82) is 0 Å². The molecule has 0 amide bonds. The molecule has 0 radical (unpaired) electrons. The normalized spacial score (nSPS) is 11.9. The van der Waals surface area contributed by atoms with Gasteiger partial charge in [-0.05, 0) is 12.1 Å². The number of nitrogens with two attached hydrogens (primary N) is 1. The summed E-state index contributed by atoms with van der Waals surface area (Å²) in [6, 6.07) is 2.48. The first kappa shape index (κ1) is 10.5. The molecule has 1 aromatic rings. The number of methoxy groups -OCH3 is 2. The number of aromatic nitrogens is 1. The summed E-state index contributed by atoms with van der Waals surface area (Å²) in [5.41, 5.74) is 5.99. The quantitative estimate of drug-likeness (QED) is 0.702. The van der Waals surface area contributed by atoms with Gasteiger partial charge in [0.25, 0.3) is 0 Å². The third-order valence-corrected chi connectivity index (χ3v) is 1.77. The number of esters is 1. The molecule has 0 aliphatic carbocycles. The molecule has 2 N–H and O–H groups in total. The fourth-order valence-corrected chi connectivity index (χ4v) is 1.05. The van der Waals surface area contributed by atoms with E-state index in [1.165, 1.54) is 14.2 Å². The van der Waals surface area contributed by atoms with Crippen molar-refractivity contribution in [2.24, 2.45) is 5.73 Å². The average molecular weight is 196 g/mol. The number of carbonyl (C=O) groups is 1. The van der Waals surface area contributed by atoms with Crippen molar-refractivity contribution in [1.82, 2.24) is 4.98 Å². The molecule has 1 atom stereocenters. The Morgan fingerprint density at radius 3 is 2.86 bits per heavy atom. The van der Waals surface area contributed by atoms with Crippen LogP contribution in [0.4, 0.5) is 0 Å². The minimum atomic E-state index is -0.906. The zero-order chi connectivity index (χ0) is 10.6. The second kappa shape index (κ2) is 4.57. The van der Waals surface area contributed by atoms with Gasteiger partial charge in [-0.3, -0.25) is 4.98 Å². The zero-order valence-corrected chi connectivity index (χ0v) is 8.06. The van der Waals surface area contributed by atoms with Crippen LogP contribution in [-0.4, -0.2) is 25.2 Å². The second-order valence-corrected chi connectivity index (χ2v) is 2.59. The SMILES string of the molecule is COC(=O)C(N)c1ncccc1OC. The van der Waals surface area contributed by atoms with E-state index in [4.69, 9.17) is 10.5 Å². The van der Waals surface area contributed by atoms with E-state index >= 15 is 0 Å². The van der Waals surface area contributed by atoms with Gasteiger partial charge in [0.1, 0.15) is 17.5 Å². The number of pyridine rings is 1. The molecule has 1 unspecified atom stereocenters. The fourth-order valence-electron chi connectivity index (χ4n) is 1.05. The molecule has 14 heavy (non-hydrogen) atoms. The van der Waals surface area contributed by atoms with Gasteiger partial charge in [0.05, 0.1) is 14.2 Å². The Kier molecular flexibility index (Phi) is 3.41. The molecule has 0 fully saturated rings. The van der Waals surface area contributed by atoms with Gasteiger partial charge in [-0.1, -0.05) is 0 Å². The predicted octanol–water partition coefficient (Wildman–Crippen LogP) is 0.263. The maximum atomic E-state index is 11.1. The van der Waals surface area contributed by atoms with E-state index < -0.39 is 12.0 Å². The molecule has 1 aromatic heterocycles. The van der Waals surface area contributed by atoms with Crippen molar-refractivity contribution in [3.05, 3.63) is 24.0 Å². The zero-order valence-electron chi connectivity index (χ0n) is 8.06. The molecular weight excluding hydrogens is 184 g/mol. The first-order valence-electron chi connectivity index (χ1n) is 4.03. The number of nitrogens with zero attached hydrogens (tertiary/aromatic N) is 1. The molecule has 0 bridgehead atoms. The van der Waals surface area contributed by atoms with Gasteiger partial charge >= 0.3 is 5.97 Å². The van der Waals surface area contributed by atoms with Crippen LogP contribution in [0.5, 0.6) is 5.75 Å². The number of hydrogen-bond donors (Lipinski definition) is 1. The van der Waals surface area contributed by atoms with Crippen molar-refractivity contribution < 1.29 is 14.3 Å². The molecule has 0 aliphatic heterocycles. The van der Waals surface area contributed by atoms with Crippen LogP contribution in [0, 0.1) is 0 Å². The number of hydrogen-bond acceptors (Lipinski definition) is 5. The minimum absolute atomic E-state index is 0.377.